The molecule has 0 aliphatic rings. The van der Waals surface area contributed by atoms with Gasteiger partial charge in [-0.2, -0.15) is 0 Å². The maximum absolute atomic E-state index is 11.0. The Morgan fingerprint density at radius 3 is 2.36 bits per heavy atom. The van der Waals surface area contributed by atoms with Gasteiger partial charge in [0.1, 0.15) is 0 Å². The molecule has 0 aliphatic carbocycles. The van der Waals surface area contributed by atoms with Crippen molar-refractivity contribution < 1.29 is 13.6 Å². The number of ether oxygens (including phenoxy) is 1. The van der Waals surface area contributed by atoms with Gasteiger partial charge in [-0.05, 0) is 37.3 Å². The summed E-state index contributed by atoms with van der Waals surface area (Å²) in [5.74, 6) is -0.366. The second-order valence-corrected chi connectivity index (χ2v) is 14.0. The summed E-state index contributed by atoms with van der Waals surface area (Å²) in [4.78, 5) is 11.0. The predicted octanol–water partition coefficient (Wildman–Crippen LogP) is 3.54. The topological polar surface area (TPSA) is 35.5 Å². The van der Waals surface area contributed by atoms with Gasteiger partial charge >= 0.3 is 5.97 Å². The van der Waals surface area contributed by atoms with Crippen LogP contribution in [0.25, 0.3) is 0 Å². The summed E-state index contributed by atoms with van der Waals surface area (Å²) in [6.45, 7) is 14.4. The molecule has 0 radical (unpaired) electrons. The molecule has 0 fully saturated rings. The van der Waals surface area contributed by atoms with Crippen LogP contribution in [0.1, 0.15) is 6.42 Å². The minimum Gasteiger partial charge on any atom is -0.463 e. The van der Waals surface area contributed by atoms with Crippen molar-refractivity contribution in [2.24, 2.45) is 0 Å². The van der Waals surface area contributed by atoms with E-state index in [9.17, 15) is 4.79 Å². The normalized spacial score (nSPS) is 14.0. The van der Waals surface area contributed by atoms with Crippen molar-refractivity contribution in [3.63, 3.8) is 0 Å². The van der Waals surface area contributed by atoms with Crippen LogP contribution in [0.2, 0.25) is 25.7 Å². The zero-order valence-corrected chi connectivity index (χ0v) is 15.8. The highest BCUT2D eigenvalue weighted by Crippen LogP contribution is 2.21. The SMILES string of the molecule is C=CC(=O)OCCC[Si](C)(C)O[Si](C)(C=C)c1ccccc1. The van der Waals surface area contributed by atoms with Crippen LogP contribution in [0.15, 0.2) is 55.3 Å². The Bertz CT molecular complexity index is 514. The van der Waals surface area contributed by atoms with E-state index in [2.05, 4.69) is 44.9 Å². The van der Waals surface area contributed by atoms with Crippen LogP contribution in [0.3, 0.4) is 0 Å². The number of hydrogen-bond donors (Lipinski definition) is 0. The third-order valence-electron chi connectivity index (χ3n) is 3.56. The Morgan fingerprint density at radius 1 is 1.18 bits per heavy atom. The average molecular weight is 335 g/mol. The Kier molecular flexibility index (Phi) is 6.99. The molecule has 0 aromatic heterocycles. The molecule has 0 bridgehead atoms. The van der Waals surface area contributed by atoms with Crippen LogP contribution >= 0.6 is 0 Å². The van der Waals surface area contributed by atoms with Gasteiger partial charge in [-0.1, -0.05) is 42.6 Å². The second-order valence-electron chi connectivity index (χ2n) is 6.01. The molecule has 22 heavy (non-hydrogen) atoms. The average Bonchev–Trinajstić information content (AvgIpc) is 2.51. The van der Waals surface area contributed by atoms with Gasteiger partial charge in [0.15, 0.2) is 8.32 Å². The lowest BCUT2D eigenvalue weighted by Gasteiger charge is -2.34. The van der Waals surface area contributed by atoms with Crippen LogP contribution < -0.4 is 5.19 Å². The van der Waals surface area contributed by atoms with Crippen LogP contribution in [0, 0.1) is 0 Å². The maximum Gasteiger partial charge on any atom is 0.330 e. The van der Waals surface area contributed by atoms with Gasteiger partial charge in [-0.3, -0.25) is 0 Å². The molecule has 1 aromatic rings. The van der Waals surface area contributed by atoms with Gasteiger partial charge in [-0.25, -0.2) is 4.79 Å². The summed E-state index contributed by atoms with van der Waals surface area (Å²) in [6, 6.07) is 11.3. The first-order valence-corrected chi connectivity index (χ1v) is 13.1. The Labute approximate surface area is 135 Å². The predicted molar refractivity (Wildman–Crippen MR) is 97.0 cm³/mol. The van der Waals surface area contributed by atoms with Crippen molar-refractivity contribution in [2.45, 2.75) is 32.1 Å². The number of benzene rings is 1. The van der Waals surface area contributed by atoms with Gasteiger partial charge in [0.05, 0.1) is 6.61 Å². The summed E-state index contributed by atoms with van der Waals surface area (Å²) in [5, 5.41) is 1.24. The monoisotopic (exact) mass is 334 g/mol. The lowest BCUT2D eigenvalue weighted by molar-refractivity contribution is -0.137. The first-order chi connectivity index (χ1) is 10.3. The van der Waals surface area contributed by atoms with Crippen molar-refractivity contribution >= 4 is 27.8 Å². The number of esters is 1. The maximum atomic E-state index is 11.0. The van der Waals surface area contributed by atoms with Crippen LogP contribution in [0.5, 0.6) is 0 Å². The molecule has 0 saturated heterocycles. The molecular formula is C17H26O3Si2. The fourth-order valence-electron chi connectivity index (χ4n) is 2.34. The molecule has 0 saturated carbocycles. The molecule has 1 unspecified atom stereocenters. The van der Waals surface area contributed by atoms with Crippen molar-refractivity contribution in [3.8, 4) is 0 Å². The lowest BCUT2D eigenvalue weighted by atomic mass is 10.4. The van der Waals surface area contributed by atoms with Gasteiger partial charge in [0, 0.05) is 6.08 Å². The van der Waals surface area contributed by atoms with Crippen molar-refractivity contribution in [1.82, 2.24) is 0 Å². The minimum atomic E-state index is -2.12. The standard InChI is InChI=1S/C17H26O3Si2/c1-6-17(18)19-14-11-15-21(3,4)20-22(5,7-2)16-12-9-8-10-13-16/h6-10,12-13H,1-2,11,14-15H2,3-5H3. The first-order valence-electron chi connectivity index (χ1n) is 7.51. The molecule has 1 rings (SSSR count). The van der Waals surface area contributed by atoms with E-state index in [-0.39, 0.29) is 5.97 Å². The zero-order valence-electron chi connectivity index (χ0n) is 13.8. The fourth-order valence-corrected chi connectivity index (χ4v) is 10.2. The summed E-state index contributed by atoms with van der Waals surface area (Å²) in [7, 11) is -3.97. The number of carbonyl (C=O) groups excluding carboxylic acids is 1. The molecule has 0 spiro atoms. The van der Waals surface area contributed by atoms with Crippen molar-refractivity contribution in [2.75, 3.05) is 6.61 Å². The summed E-state index contributed by atoms with van der Waals surface area (Å²) < 4.78 is 11.6. The largest absolute Gasteiger partial charge is 0.463 e. The van der Waals surface area contributed by atoms with E-state index < -0.39 is 16.6 Å². The highest BCUT2D eigenvalue weighted by Gasteiger charge is 2.35. The quantitative estimate of drug-likeness (QED) is 0.300. The van der Waals surface area contributed by atoms with E-state index in [4.69, 9.17) is 8.85 Å². The molecular weight excluding hydrogens is 308 g/mol. The van der Waals surface area contributed by atoms with Crippen molar-refractivity contribution in [1.29, 1.82) is 0 Å². The summed E-state index contributed by atoms with van der Waals surface area (Å²) >= 11 is 0. The third kappa shape index (κ3) is 5.75. The molecule has 0 aliphatic heterocycles. The van der Waals surface area contributed by atoms with Crippen LogP contribution in [-0.2, 0) is 13.6 Å². The number of rotatable bonds is 9. The highest BCUT2D eigenvalue weighted by atomic mass is 28.4. The molecule has 0 amide bonds. The Balaban J connectivity index is 2.63. The zero-order chi connectivity index (χ0) is 16.6. The third-order valence-corrected chi connectivity index (χ3v) is 11.3. The van der Waals surface area contributed by atoms with Crippen LogP contribution in [0.4, 0.5) is 0 Å². The van der Waals surface area contributed by atoms with Crippen LogP contribution in [-0.4, -0.2) is 29.2 Å². The number of hydrogen-bond acceptors (Lipinski definition) is 3. The molecule has 120 valence electrons. The van der Waals surface area contributed by atoms with E-state index >= 15 is 0 Å². The summed E-state index contributed by atoms with van der Waals surface area (Å²) in [6.07, 6.45) is 2.01. The molecule has 0 heterocycles. The molecule has 1 atom stereocenters. The van der Waals surface area contributed by atoms with Gasteiger partial charge in [0.2, 0.25) is 8.32 Å². The summed E-state index contributed by atoms with van der Waals surface area (Å²) in [5.41, 5.74) is 1.99. The second kappa shape index (κ2) is 8.26. The molecule has 0 N–H and O–H groups in total. The van der Waals surface area contributed by atoms with E-state index in [0.29, 0.717) is 6.61 Å². The molecule has 3 nitrogen and oxygen atoms in total. The van der Waals surface area contributed by atoms with E-state index in [1.54, 1.807) is 0 Å². The first kappa shape index (κ1) is 18.6. The van der Waals surface area contributed by atoms with E-state index in [0.717, 1.165) is 12.5 Å². The van der Waals surface area contributed by atoms with Crippen molar-refractivity contribution in [3.05, 3.63) is 55.3 Å². The smallest absolute Gasteiger partial charge is 0.330 e. The van der Waals surface area contributed by atoms with Gasteiger partial charge < -0.3 is 8.85 Å². The highest BCUT2D eigenvalue weighted by molar-refractivity contribution is 6.96. The minimum absolute atomic E-state index is 0.366. The van der Waals surface area contributed by atoms with E-state index in [1.807, 2.05) is 23.9 Å². The molecule has 1 aromatic carbocycles. The van der Waals surface area contributed by atoms with Gasteiger partial charge in [0.25, 0.3) is 0 Å². The molecule has 5 heteroatoms. The fraction of sp³-hybridized carbons (Fsp3) is 0.353. The van der Waals surface area contributed by atoms with Gasteiger partial charge in [-0.15, -0.1) is 6.58 Å². The lowest BCUT2D eigenvalue weighted by Crippen LogP contribution is -2.53. The number of carbonyl (C=O) groups is 1. The van der Waals surface area contributed by atoms with E-state index in [1.165, 1.54) is 11.3 Å². The Morgan fingerprint density at radius 2 is 1.82 bits per heavy atom. The Hall–Kier alpha value is -1.44.